The van der Waals surface area contributed by atoms with E-state index >= 15 is 0 Å². The Morgan fingerprint density at radius 1 is 0.587 bits per heavy atom. The molecule has 6 aliphatic heterocycles. The van der Waals surface area contributed by atoms with Gasteiger partial charge in [0.15, 0.2) is 5.65 Å². The monoisotopic (exact) mass is 1720 g/mol. The van der Waals surface area contributed by atoms with Gasteiger partial charge in [-0.1, -0.05) is 76.1 Å². The Kier molecular flexibility index (Phi) is 24.0. The average molecular weight is 1720 g/mol. The predicted octanol–water partition coefficient (Wildman–Crippen LogP) is 16.7. The molecule has 7 amide bonds. The maximum absolute atomic E-state index is 13.6. The van der Waals surface area contributed by atoms with Gasteiger partial charge in [0, 0.05) is 147 Å². The number of aryl methyl sites for hydroxylation is 5. The van der Waals surface area contributed by atoms with Gasteiger partial charge in [0.2, 0.25) is 23.0 Å². The molecule has 10 aromatic rings. The van der Waals surface area contributed by atoms with Gasteiger partial charge in [-0.2, -0.15) is 0 Å². The number of imide groups is 1. The minimum absolute atomic E-state index is 0.0246. The zero-order chi connectivity index (χ0) is 84.8. The second kappa shape index (κ2) is 34.6. The Bertz CT molecular complexity index is 5700. The Morgan fingerprint density at radius 2 is 1.11 bits per heavy atom. The number of H-pyrrole nitrogens is 2. The Balaban J connectivity index is 0.000000115. The van der Waals surface area contributed by atoms with Crippen LogP contribution in [0, 0.1) is 43.4 Å². The van der Waals surface area contributed by atoms with Crippen molar-refractivity contribution in [1.82, 2.24) is 54.2 Å². The number of rotatable bonds is 16. The van der Waals surface area contributed by atoms with Crippen LogP contribution in [0.15, 0.2) is 139 Å². The molecule has 5 aliphatic carbocycles. The van der Waals surface area contributed by atoms with Crippen LogP contribution in [0.5, 0.6) is 0 Å². The number of carbonyl (C=O) groups excluding carboxylic acids is 9. The third-order valence-corrected chi connectivity index (χ3v) is 25.8. The standard InChI is InChI=1S/C27H26N8O2.C21H26N2O4.C16H19NO.C15H15BrN2O2.C11H14N2.C4H5ClO/c1-3-34-23(18-12-28-15(2)29-13-18)33-22-21(30-14-31-24(22)34)17-7-8-20-19(11-17)27(26(37)32-20)9-4-10-35(27)25(36)16-5-6-16;1-13-6-9-16-15(12-13)21(10-5-11-22(21)17(24)14-7-8-14)18(25)23(16)19(26)27-20(2,3)4;18-16(12-9-10-12)8-4-1-5-13-11-17-15-7-3-2-6-14(13)15;16-10-4-5-12-11(8-10)15(14(20)17-12)6-1-7-18(15)13(19)9-2-3-9;12-7-3-4-9-8-13-11-6-2-1-5-10(9)11;5-4(6)3-1-2-3/h7-8,11-14,16H,3-6,9-10H2,1-2H3,(H,32,37);6,9,12,14H,5,7-8,10-11H2,1-4H3;2-3,6-7,11-12,17H,1,4-5,8-10H2;4-5,8-9H,1-3,6-7H2,(H,17,20);1-2,5-6,8,13H,3-4,7,12H2;3H,1-2H2. The van der Waals surface area contributed by atoms with E-state index in [1.54, 1.807) is 50.5 Å². The first-order valence-corrected chi connectivity index (χ1v) is 44.3. The second-order valence-electron chi connectivity index (χ2n) is 34.9. The summed E-state index contributed by atoms with van der Waals surface area (Å²) in [4.78, 5) is 149. The van der Waals surface area contributed by atoms with Gasteiger partial charge in [-0.15, -0.1) is 0 Å². The number of aromatic amines is 2. The number of likely N-dealkylation sites (tertiary alicyclic amines) is 3. The van der Waals surface area contributed by atoms with E-state index in [9.17, 15) is 43.2 Å². The Labute approximate surface area is 717 Å². The van der Waals surface area contributed by atoms with Crippen molar-refractivity contribution in [2.75, 3.05) is 41.7 Å². The van der Waals surface area contributed by atoms with Crippen LogP contribution < -0.4 is 21.3 Å². The van der Waals surface area contributed by atoms with Gasteiger partial charge in [0.05, 0.1) is 11.3 Å². The first kappa shape index (κ1) is 83.8. The summed E-state index contributed by atoms with van der Waals surface area (Å²) >= 11 is 8.51. The van der Waals surface area contributed by atoms with Crippen molar-refractivity contribution < 1.29 is 47.9 Å². The van der Waals surface area contributed by atoms with Crippen LogP contribution in [-0.4, -0.2) is 138 Å². The van der Waals surface area contributed by atoms with Crippen molar-refractivity contribution in [3.63, 3.8) is 0 Å². The molecule has 5 saturated carbocycles. The number of imidazole rings is 1. The van der Waals surface area contributed by atoms with Crippen LogP contribution >= 0.6 is 27.5 Å². The molecule has 11 aliphatic rings. The maximum atomic E-state index is 13.6. The number of fused-ring (bicyclic) bond motifs is 9. The lowest BCUT2D eigenvalue weighted by molar-refractivity contribution is -0.144. The van der Waals surface area contributed by atoms with Gasteiger partial charge in [-0.25, -0.2) is 34.6 Å². The van der Waals surface area contributed by atoms with Gasteiger partial charge in [0.25, 0.3) is 17.7 Å². The van der Waals surface area contributed by atoms with Crippen LogP contribution in [0.1, 0.15) is 195 Å². The van der Waals surface area contributed by atoms with E-state index in [0.717, 1.165) is 201 Å². The zero-order valence-corrected chi connectivity index (χ0v) is 71.9. The number of nitrogens with zero attached hydrogens (tertiary/aromatic N) is 10. The first-order valence-electron chi connectivity index (χ1n) is 43.1. The lowest BCUT2D eigenvalue weighted by Gasteiger charge is -2.34. The molecule has 3 atom stereocenters. The van der Waals surface area contributed by atoms with E-state index < -0.39 is 28.3 Å². The molecule has 5 aromatic heterocycles. The SMILES string of the molecule is CCn1c(-c2cnc(C)nc2)nc2c(-c3ccc4c(c3)C3(CCCN3C(=O)C3CC3)C(=O)N4)ncnc21.Cc1ccc2c(c1)C1(CCCN1C(=O)C1CC1)C(=O)N2C(=O)OC(C)(C)C.NCCCc1c[nH]c2ccccc12.O=C(C1CC1)N1CCCC12C(=O)Nc1ccc(Br)cc12.O=C(CCCCc1c[nH]c2ccccc12)C1CC1.O=C(Cl)C1CC1. The molecule has 27 heteroatoms. The molecule has 121 heavy (non-hydrogen) atoms. The number of hydrogen-bond acceptors (Lipinski definition) is 16. The van der Waals surface area contributed by atoms with E-state index in [2.05, 4.69) is 111 Å². The van der Waals surface area contributed by atoms with Crippen LogP contribution in [0.2, 0.25) is 0 Å². The summed E-state index contributed by atoms with van der Waals surface area (Å²) in [6, 6.07) is 34.0. The van der Waals surface area contributed by atoms with Crippen molar-refractivity contribution in [2.45, 2.75) is 212 Å². The van der Waals surface area contributed by atoms with Gasteiger partial charge < -0.3 is 50.3 Å². The predicted molar refractivity (Wildman–Crippen MR) is 467 cm³/mol. The largest absolute Gasteiger partial charge is 0.443 e. The Morgan fingerprint density at radius 3 is 1.63 bits per heavy atom. The topological polar surface area (TPSA) is 327 Å². The quantitative estimate of drug-likeness (QED) is 0.0443. The molecule has 25 nitrogen and oxygen atoms in total. The van der Waals surface area contributed by atoms with Crippen molar-refractivity contribution in [3.8, 4) is 22.6 Å². The molecule has 0 radical (unpaired) electrons. The number of unbranched alkanes of at least 4 members (excludes halogenated alkanes) is 1. The zero-order valence-electron chi connectivity index (χ0n) is 69.6. The summed E-state index contributed by atoms with van der Waals surface area (Å²) in [7, 11) is 0. The lowest BCUT2D eigenvalue weighted by atomic mass is 9.86. The van der Waals surface area contributed by atoms with Gasteiger partial charge >= 0.3 is 6.09 Å². The average Bonchev–Trinajstić information content (AvgIpc) is 1.54. The molecule has 21 rings (SSSR count). The fraction of sp³-hybridized carbons (Fsp3) is 0.447. The summed E-state index contributed by atoms with van der Waals surface area (Å²) in [5, 5.41) is 8.48. The summed E-state index contributed by atoms with van der Waals surface area (Å²) < 4.78 is 8.47. The molecule has 8 fully saturated rings. The molecular weight excluding hydrogens is 1610 g/mol. The second-order valence-corrected chi connectivity index (χ2v) is 36.2. The highest BCUT2D eigenvalue weighted by atomic mass is 79.9. The highest BCUT2D eigenvalue weighted by molar-refractivity contribution is 9.10. The van der Waals surface area contributed by atoms with E-state index in [1.165, 1.54) is 32.9 Å². The minimum Gasteiger partial charge on any atom is -0.443 e. The van der Waals surface area contributed by atoms with Gasteiger partial charge in [-0.3, -0.25) is 38.4 Å². The Hall–Kier alpha value is -10.8. The number of nitrogens with one attached hydrogen (secondary N) is 4. The van der Waals surface area contributed by atoms with E-state index in [4.69, 9.17) is 27.1 Å². The number of ketones is 1. The normalized spacial score (nSPS) is 20.8. The molecule has 5 aromatic carbocycles. The number of anilines is 3. The van der Waals surface area contributed by atoms with Crippen molar-refractivity contribution in [3.05, 3.63) is 178 Å². The lowest BCUT2D eigenvalue weighted by Crippen LogP contribution is -2.53. The van der Waals surface area contributed by atoms with E-state index in [-0.39, 0.29) is 64.4 Å². The number of nitrogens with two attached hydrogens (primary N) is 1. The molecule has 3 saturated heterocycles. The highest BCUT2D eigenvalue weighted by Gasteiger charge is 2.63. The molecule has 3 spiro atoms. The van der Waals surface area contributed by atoms with Crippen molar-refractivity contribution >= 4 is 130 Å². The number of carbonyl (C=O) groups is 9. The number of benzene rings is 5. The fourth-order valence-electron chi connectivity index (χ4n) is 18.1. The summed E-state index contributed by atoms with van der Waals surface area (Å²) in [6.07, 6.45) is 28.9. The number of amides is 7. The van der Waals surface area contributed by atoms with Crippen molar-refractivity contribution in [1.29, 1.82) is 0 Å². The van der Waals surface area contributed by atoms with Crippen LogP contribution in [0.4, 0.5) is 21.9 Å². The number of halogens is 2. The molecule has 6 N–H and O–H groups in total. The van der Waals surface area contributed by atoms with E-state index in [1.807, 2.05) is 89.7 Å². The summed E-state index contributed by atoms with van der Waals surface area (Å²) in [6.45, 7) is 14.4. The third kappa shape index (κ3) is 16.9. The maximum Gasteiger partial charge on any atom is 0.421 e. The highest BCUT2D eigenvalue weighted by Crippen LogP contribution is 2.55. The number of para-hydroxylation sites is 2. The smallest absolute Gasteiger partial charge is 0.421 e. The molecule has 0 bridgehead atoms. The molecular formula is C94H105BrClN15O10. The van der Waals surface area contributed by atoms with Crippen LogP contribution in [-0.2, 0) is 79.1 Å². The van der Waals surface area contributed by atoms with Gasteiger partial charge in [-0.05, 0) is 254 Å². The minimum atomic E-state index is -1.07. The van der Waals surface area contributed by atoms with Crippen molar-refractivity contribution in [2.24, 2.45) is 35.3 Å². The number of aromatic nitrogens is 8. The van der Waals surface area contributed by atoms with E-state index in [0.29, 0.717) is 73.4 Å². The first-order chi connectivity index (χ1) is 58.3. The number of Topliss-reactive ketones (excluding diaryl/α,β-unsaturated/α-hetero) is 1. The van der Waals surface area contributed by atoms with Crippen LogP contribution in [0.3, 0.4) is 0 Å². The van der Waals surface area contributed by atoms with Gasteiger partial charge in [0.1, 0.15) is 57.2 Å². The molecule has 630 valence electrons. The van der Waals surface area contributed by atoms with Crippen LogP contribution in [0.25, 0.3) is 55.6 Å². The molecule has 11 heterocycles. The third-order valence-electron chi connectivity index (χ3n) is 25.0. The summed E-state index contributed by atoms with van der Waals surface area (Å²) in [5.74, 6) is 2.58. The summed E-state index contributed by atoms with van der Waals surface area (Å²) in [5.41, 5.74) is 16.5. The number of hydrogen-bond donors (Lipinski definition) is 5. The fourth-order valence-corrected chi connectivity index (χ4v) is 18.7. The molecule has 3 unspecified atom stereocenters. The number of ether oxygens (including phenoxy) is 1.